The predicted molar refractivity (Wildman–Crippen MR) is 65.1 cm³/mol. The van der Waals surface area contributed by atoms with Crippen LogP contribution < -0.4 is 0 Å². The van der Waals surface area contributed by atoms with Crippen molar-refractivity contribution in [2.45, 2.75) is 52.4 Å². The van der Waals surface area contributed by atoms with E-state index < -0.39 is 0 Å². The summed E-state index contributed by atoms with van der Waals surface area (Å²) in [5.74, 6) is 3.37. The first-order valence-corrected chi connectivity index (χ1v) is 5.54. The Bertz CT molecular complexity index is 44.9. The van der Waals surface area contributed by atoms with Gasteiger partial charge in [0, 0.05) is 0 Å². The van der Waals surface area contributed by atoms with Crippen molar-refractivity contribution in [2.24, 2.45) is 0 Å². The van der Waals surface area contributed by atoms with Gasteiger partial charge in [-0.3, -0.25) is 0 Å². The molecule has 0 nitrogen and oxygen atoms in total. The third-order valence-electron chi connectivity index (χ3n) is 1.33. The molecule has 0 spiro atoms. The number of unbranched alkanes of at least 4 members (excludes halogenated alkanes) is 4. The smallest absolute Gasteiger partial charge is 0.349 e. The van der Waals surface area contributed by atoms with Crippen molar-refractivity contribution in [3.8, 4) is 0 Å². The number of hydrogen-bond acceptors (Lipinski definition) is 0. The average molecular weight is 235 g/mol. The second-order valence-electron chi connectivity index (χ2n) is 2.59. The summed E-state index contributed by atoms with van der Waals surface area (Å²) in [5.41, 5.74) is 0. The minimum Gasteiger partial charge on any atom is -0.349 e. The molecule has 0 N–H and O–H groups in total. The molecule has 0 fully saturated rings. The van der Waals surface area contributed by atoms with Gasteiger partial charge in [-0.2, -0.15) is 12.8 Å². The Hall–Kier alpha value is 1.35. The van der Waals surface area contributed by atoms with Crippen LogP contribution in [0.3, 0.4) is 0 Å². The number of halogens is 2. The van der Waals surface area contributed by atoms with E-state index in [-0.39, 0.29) is 23.1 Å². The topological polar surface area (TPSA) is 0 Å². The van der Waals surface area contributed by atoms with Crippen molar-refractivity contribution >= 4 is 46.3 Å². The van der Waals surface area contributed by atoms with Gasteiger partial charge in [0.15, 0.2) is 0 Å². The summed E-state index contributed by atoms with van der Waals surface area (Å²) < 4.78 is 0. The predicted octanol–water partition coefficient (Wildman–Crippen LogP) is 4.77. The molecule has 0 heterocycles. The van der Waals surface area contributed by atoms with Gasteiger partial charge in [-0.25, -0.2) is 11.8 Å². The van der Waals surface area contributed by atoms with Crippen molar-refractivity contribution in [3.05, 3.63) is 11.8 Å². The molecule has 0 aliphatic heterocycles. The number of hydrogen-bond donors (Lipinski definition) is 0. The molecule has 0 aromatic heterocycles. The van der Waals surface area contributed by atoms with Gasteiger partial charge < -0.3 is 23.2 Å². The summed E-state index contributed by atoms with van der Waals surface area (Å²) >= 11 is 10.5. The second kappa shape index (κ2) is 23.3. The summed E-state index contributed by atoms with van der Waals surface area (Å²) in [7, 11) is 0. The molecule has 76 valence electrons. The maximum Gasteiger partial charge on any atom is 2.00 e. The van der Waals surface area contributed by atoms with E-state index in [1.807, 2.05) is 0 Å². The van der Waals surface area contributed by atoms with Crippen molar-refractivity contribution in [1.29, 1.82) is 0 Å². The van der Waals surface area contributed by atoms with Crippen LogP contribution in [0.25, 0.3) is 0 Å². The molecular weight excluding hydrogens is 215 g/mol. The fourth-order valence-electron chi connectivity index (χ4n) is 0.563. The molecule has 0 bridgehead atoms. The minimum absolute atomic E-state index is 0. The van der Waals surface area contributed by atoms with Crippen LogP contribution in [-0.2, 0) is 0 Å². The van der Waals surface area contributed by atoms with Crippen LogP contribution in [0, 0.1) is 11.8 Å². The van der Waals surface area contributed by atoms with E-state index >= 15 is 0 Å². The molecule has 0 aromatic carbocycles. The Balaban J connectivity index is -0.000000143. The Morgan fingerprint density at radius 3 is 1.23 bits per heavy atom. The zero-order chi connectivity index (χ0) is 9.66. The van der Waals surface area contributed by atoms with Gasteiger partial charge in [0.05, 0.1) is 0 Å². The molecule has 0 aliphatic carbocycles. The monoisotopic (exact) mass is 234 g/mol. The molecule has 0 radical (unpaired) electrons. The Kier molecular flexibility index (Phi) is 35.6. The first-order chi connectivity index (χ1) is 5.83. The van der Waals surface area contributed by atoms with Gasteiger partial charge in [0.2, 0.25) is 0 Å². The van der Waals surface area contributed by atoms with Crippen LogP contribution in [0.2, 0.25) is 0 Å². The molecule has 0 amide bonds. The zero-order valence-electron chi connectivity index (χ0n) is 8.86. The van der Waals surface area contributed by atoms with E-state index in [9.17, 15) is 0 Å². The van der Waals surface area contributed by atoms with Crippen molar-refractivity contribution in [3.63, 3.8) is 0 Å². The zero-order valence-corrected chi connectivity index (χ0v) is 11.8. The van der Waals surface area contributed by atoms with Gasteiger partial charge in [-0.05, 0) is 0 Å². The summed E-state index contributed by atoms with van der Waals surface area (Å²) in [5, 5.41) is 0. The van der Waals surface area contributed by atoms with Crippen LogP contribution in [0.5, 0.6) is 0 Å². The Morgan fingerprint density at radius 2 is 1.15 bits per heavy atom. The van der Waals surface area contributed by atoms with Crippen molar-refractivity contribution < 1.29 is 0 Å². The standard InChI is InChI=1S/2C5H10Cl.Mg/c2*1-2-3-4-5-6;/h2*5H,2-4H2,1H3;/q2*-1;+2. The molecule has 3 heteroatoms. The molecule has 0 rings (SSSR count). The first kappa shape index (κ1) is 19.8. The maximum absolute atomic E-state index is 5.26. The van der Waals surface area contributed by atoms with E-state index in [0.29, 0.717) is 0 Å². The van der Waals surface area contributed by atoms with Crippen LogP contribution in [0.15, 0.2) is 0 Å². The van der Waals surface area contributed by atoms with Crippen molar-refractivity contribution in [1.82, 2.24) is 0 Å². The van der Waals surface area contributed by atoms with Gasteiger partial charge in [-0.1, -0.05) is 39.5 Å². The van der Waals surface area contributed by atoms with Gasteiger partial charge in [-0.15, -0.1) is 0 Å². The summed E-state index contributed by atoms with van der Waals surface area (Å²) in [6, 6.07) is 0. The van der Waals surface area contributed by atoms with E-state index in [4.69, 9.17) is 23.2 Å². The van der Waals surface area contributed by atoms with E-state index in [1.54, 1.807) is 11.8 Å². The Morgan fingerprint density at radius 1 is 0.846 bits per heavy atom. The van der Waals surface area contributed by atoms with Crippen LogP contribution in [0.4, 0.5) is 0 Å². The molecule has 0 unspecified atom stereocenters. The summed E-state index contributed by atoms with van der Waals surface area (Å²) in [6.07, 6.45) is 7.04. The molecule has 0 aliphatic rings. The molecule has 0 saturated carbocycles. The fourth-order valence-corrected chi connectivity index (χ4v) is 0.871. The largest absolute Gasteiger partial charge is 2.00 e. The van der Waals surface area contributed by atoms with E-state index in [2.05, 4.69) is 13.8 Å². The molecule has 0 saturated heterocycles. The van der Waals surface area contributed by atoms with Crippen molar-refractivity contribution in [2.75, 3.05) is 0 Å². The molecular formula is C10H20Cl2Mg. The summed E-state index contributed by atoms with van der Waals surface area (Å²) in [6.45, 7) is 4.31. The van der Waals surface area contributed by atoms with Gasteiger partial charge >= 0.3 is 23.1 Å². The van der Waals surface area contributed by atoms with Gasteiger partial charge in [0.25, 0.3) is 0 Å². The fraction of sp³-hybridized carbons (Fsp3) is 0.800. The third kappa shape index (κ3) is 31.8. The van der Waals surface area contributed by atoms with Crippen LogP contribution >= 0.6 is 23.2 Å². The van der Waals surface area contributed by atoms with E-state index in [0.717, 1.165) is 12.8 Å². The number of rotatable bonds is 6. The first-order valence-electron chi connectivity index (χ1n) is 4.67. The quantitative estimate of drug-likeness (QED) is 0.353. The Labute approximate surface area is 110 Å². The van der Waals surface area contributed by atoms with Crippen LogP contribution in [-0.4, -0.2) is 23.1 Å². The maximum atomic E-state index is 5.26. The van der Waals surface area contributed by atoms with Gasteiger partial charge in [0.1, 0.15) is 0 Å². The molecule has 0 aromatic rings. The normalized spacial score (nSPS) is 8.31. The second-order valence-corrected chi connectivity index (χ2v) is 3.21. The third-order valence-corrected chi connectivity index (χ3v) is 1.77. The molecule has 0 atom stereocenters. The van der Waals surface area contributed by atoms with Crippen LogP contribution in [0.1, 0.15) is 52.4 Å². The van der Waals surface area contributed by atoms with E-state index in [1.165, 1.54) is 25.7 Å². The average Bonchev–Trinajstić information content (AvgIpc) is 2.12. The molecule has 13 heavy (non-hydrogen) atoms. The SMILES string of the molecule is CCCC[CH-]Cl.CCCC[CH-]Cl.[Mg+2]. The minimum atomic E-state index is 0. The summed E-state index contributed by atoms with van der Waals surface area (Å²) in [4.78, 5) is 0.